The van der Waals surface area contributed by atoms with Crippen LogP contribution in [0.25, 0.3) is 0 Å². The summed E-state index contributed by atoms with van der Waals surface area (Å²) in [6.07, 6.45) is 0.845. The molecule has 6 heteroatoms. The van der Waals surface area contributed by atoms with Gasteiger partial charge >= 0.3 is 0 Å². The van der Waals surface area contributed by atoms with Crippen LogP contribution in [0.3, 0.4) is 0 Å². The van der Waals surface area contributed by atoms with Crippen molar-refractivity contribution in [1.29, 1.82) is 0 Å². The third-order valence-corrected chi connectivity index (χ3v) is 3.11. The largest absolute Gasteiger partial charge is 0.383 e. The molecule has 1 aliphatic heterocycles. The van der Waals surface area contributed by atoms with Crippen LogP contribution in [0.1, 0.15) is 5.56 Å². The molecule has 1 unspecified atom stereocenters. The summed E-state index contributed by atoms with van der Waals surface area (Å²) in [6, 6.07) is 4.97. The number of fused-ring (bicyclic) bond motifs is 1. The molecule has 1 aliphatic rings. The summed E-state index contributed by atoms with van der Waals surface area (Å²) in [6.45, 7) is 0.886. The Kier molecular flexibility index (Phi) is 5.41. The smallest absolute Gasteiger partial charge is 0.246 e. The molecule has 0 radical (unpaired) electrons. The second kappa shape index (κ2) is 6.38. The number of hydrogen-bond acceptors (Lipinski definition) is 3. The Morgan fingerprint density at radius 1 is 1.61 bits per heavy atom. The predicted molar refractivity (Wildman–Crippen MR) is 74.6 cm³/mol. The number of amides is 1. The van der Waals surface area contributed by atoms with Gasteiger partial charge in [0.2, 0.25) is 5.91 Å². The van der Waals surface area contributed by atoms with Crippen molar-refractivity contribution in [3.05, 3.63) is 28.8 Å². The fraction of sp³-hybridized carbons (Fsp3) is 0.417. The highest BCUT2D eigenvalue weighted by molar-refractivity contribution is 6.31. The number of rotatable bonds is 3. The van der Waals surface area contributed by atoms with Crippen molar-refractivity contribution in [2.24, 2.45) is 5.73 Å². The van der Waals surface area contributed by atoms with Gasteiger partial charge in [0.25, 0.3) is 0 Å². The van der Waals surface area contributed by atoms with Crippen molar-refractivity contribution in [3.8, 4) is 0 Å². The zero-order chi connectivity index (χ0) is 12.4. The summed E-state index contributed by atoms with van der Waals surface area (Å²) >= 11 is 5.94. The topological polar surface area (TPSA) is 55.6 Å². The van der Waals surface area contributed by atoms with Crippen molar-refractivity contribution in [3.63, 3.8) is 0 Å². The van der Waals surface area contributed by atoms with E-state index in [4.69, 9.17) is 22.1 Å². The zero-order valence-corrected chi connectivity index (χ0v) is 11.6. The lowest BCUT2D eigenvalue weighted by Crippen LogP contribution is -2.45. The van der Waals surface area contributed by atoms with Gasteiger partial charge in [0.1, 0.15) is 6.04 Å². The standard InChI is InChI=1S/C12H15ClN2O2.ClH/c1-17-7-10(14)12(16)15-5-4-8-2-3-9(13)6-11(8)15;/h2-3,6,10H,4-5,7,14H2,1H3;1H. The maximum Gasteiger partial charge on any atom is 0.246 e. The van der Waals surface area contributed by atoms with Crippen LogP contribution in [0.15, 0.2) is 18.2 Å². The van der Waals surface area contributed by atoms with Gasteiger partial charge in [-0.15, -0.1) is 12.4 Å². The van der Waals surface area contributed by atoms with E-state index in [9.17, 15) is 4.79 Å². The number of hydrogen-bond donors (Lipinski definition) is 1. The van der Waals surface area contributed by atoms with E-state index in [1.54, 1.807) is 11.0 Å². The molecular weight excluding hydrogens is 275 g/mol. The van der Waals surface area contributed by atoms with Gasteiger partial charge in [-0.25, -0.2) is 0 Å². The predicted octanol–water partition coefficient (Wildman–Crippen LogP) is 1.62. The van der Waals surface area contributed by atoms with Crippen molar-refractivity contribution in [2.75, 3.05) is 25.2 Å². The number of benzene rings is 1. The van der Waals surface area contributed by atoms with Crippen LogP contribution in [-0.2, 0) is 16.0 Å². The first kappa shape index (κ1) is 15.2. The Morgan fingerprint density at radius 3 is 3.00 bits per heavy atom. The number of anilines is 1. The Morgan fingerprint density at radius 2 is 2.33 bits per heavy atom. The molecule has 1 aromatic carbocycles. The lowest BCUT2D eigenvalue weighted by Gasteiger charge is -2.21. The number of methoxy groups -OCH3 is 1. The van der Waals surface area contributed by atoms with E-state index in [0.717, 1.165) is 17.7 Å². The average Bonchev–Trinajstić information content (AvgIpc) is 2.71. The second-order valence-corrected chi connectivity index (χ2v) is 4.51. The fourth-order valence-corrected chi connectivity index (χ4v) is 2.20. The number of carbonyl (C=O) groups is 1. The van der Waals surface area contributed by atoms with Crippen LogP contribution in [-0.4, -0.2) is 32.2 Å². The minimum Gasteiger partial charge on any atom is -0.383 e. The fourth-order valence-electron chi connectivity index (χ4n) is 2.03. The molecule has 4 nitrogen and oxygen atoms in total. The first-order valence-electron chi connectivity index (χ1n) is 5.48. The van der Waals surface area contributed by atoms with E-state index >= 15 is 0 Å². The molecule has 0 spiro atoms. The van der Waals surface area contributed by atoms with Crippen molar-refractivity contribution >= 4 is 35.6 Å². The molecule has 0 aromatic heterocycles. The third kappa shape index (κ3) is 2.95. The zero-order valence-electron chi connectivity index (χ0n) is 10.1. The van der Waals surface area contributed by atoms with E-state index in [1.165, 1.54) is 7.11 Å². The first-order chi connectivity index (χ1) is 8.13. The van der Waals surface area contributed by atoms with Crippen LogP contribution >= 0.6 is 24.0 Å². The van der Waals surface area contributed by atoms with Crippen molar-refractivity contribution in [2.45, 2.75) is 12.5 Å². The molecule has 1 aromatic rings. The second-order valence-electron chi connectivity index (χ2n) is 4.07. The van der Waals surface area contributed by atoms with E-state index < -0.39 is 6.04 Å². The molecular formula is C12H16Cl2N2O2. The highest BCUT2D eigenvalue weighted by atomic mass is 35.5. The average molecular weight is 291 g/mol. The molecule has 0 saturated carbocycles. The molecule has 1 amide bonds. The van der Waals surface area contributed by atoms with E-state index in [2.05, 4.69) is 0 Å². The van der Waals surface area contributed by atoms with E-state index in [1.807, 2.05) is 12.1 Å². The van der Waals surface area contributed by atoms with Crippen LogP contribution in [0, 0.1) is 0 Å². The van der Waals surface area contributed by atoms with Crippen LogP contribution < -0.4 is 10.6 Å². The lowest BCUT2D eigenvalue weighted by molar-refractivity contribution is -0.120. The van der Waals surface area contributed by atoms with Gasteiger partial charge in [-0.05, 0) is 24.1 Å². The highest BCUT2D eigenvalue weighted by Gasteiger charge is 2.28. The number of nitrogens with zero attached hydrogens (tertiary/aromatic N) is 1. The molecule has 100 valence electrons. The van der Waals surface area contributed by atoms with Gasteiger partial charge < -0.3 is 15.4 Å². The lowest BCUT2D eigenvalue weighted by atomic mass is 10.2. The summed E-state index contributed by atoms with van der Waals surface area (Å²) in [4.78, 5) is 13.8. The molecule has 0 saturated heterocycles. The monoisotopic (exact) mass is 290 g/mol. The minimum absolute atomic E-state index is 0. The number of carbonyl (C=O) groups excluding carboxylic acids is 1. The summed E-state index contributed by atoms with van der Waals surface area (Å²) in [5.41, 5.74) is 7.75. The normalized spacial score (nSPS) is 14.9. The van der Waals surface area contributed by atoms with Gasteiger partial charge in [-0.3, -0.25) is 4.79 Å². The molecule has 2 N–H and O–H groups in total. The third-order valence-electron chi connectivity index (χ3n) is 2.87. The van der Waals surface area contributed by atoms with Gasteiger partial charge in [0.05, 0.1) is 6.61 Å². The number of ether oxygens (including phenoxy) is 1. The van der Waals surface area contributed by atoms with Crippen LogP contribution in [0.5, 0.6) is 0 Å². The van der Waals surface area contributed by atoms with Gasteiger partial charge in [0.15, 0.2) is 0 Å². The Labute approximate surface area is 117 Å². The summed E-state index contributed by atoms with van der Waals surface area (Å²) in [5.74, 6) is -0.118. The molecule has 18 heavy (non-hydrogen) atoms. The van der Waals surface area contributed by atoms with Gasteiger partial charge in [-0.1, -0.05) is 17.7 Å². The number of nitrogens with two attached hydrogens (primary N) is 1. The SMILES string of the molecule is COCC(N)C(=O)N1CCc2ccc(Cl)cc21.Cl. The Bertz CT molecular complexity index is 440. The molecule has 2 rings (SSSR count). The summed E-state index contributed by atoms with van der Waals surface area (Å²) in [5, 5.41) is 0.628. The van der Waals surface area contributed by atoms with E-state index in [0.29, 0.717) is 11.6 Å². The molecule has 1 heterocycles. The summed E-state index contributed by atoms with van der Waals surface area (Å²) < 4.78 is 4.90. The molecule has 0 fully saturated rings. The molecule has 0 bridgehead atoms. The number of halogens is 2. The minimum atomic E-state index is -0.620. The Balaban J connectivity index is 0.00000162. The first-order valence-corrected chi connectivity index (χ1v) is 5.85. The van der Waals surface area contributed by atoms with Crippen molar-refractivity contribution in [1.82, 2.24) is 0 Å². The maximum absolute atomic E-state index is 12.1. The molecule has 0 aliphatic carbocycles. The van der Waals surface area contributed by atoms with Gasteiger partial charge in [0, 0.05) is 24.4 Å². The quantitative estimate of drug-likeness (QED) is 0.920. The molecule has 1 atom stereocenters. The van der Waals surface area contributed by atoms with Crippen molar-refractivity contribution < 1.29 is 9.53 Å². The Hall–Kier alpha value is -0.810. The van der Waals surface area contributed by atoms with Crippen LogP contribution in [0.4, 0.5) is 5.69 Å². The summed E-state index contributed by atoms with van der Waals surface area (Å²) in [7, 11) is 1.53. The maximum atomic E-state index is 12.1. The van der Waals surface area contributed by atoms with Gasteiger partial charge in [-0.2, -0.15) is 0 Å². The van der Waals surface area contributed by atoms with E-state index in [-0.39, 0.29) is 24.9 Å². The highest BCUT2D eigenvalue weighted by Crippen LogP contribution is 2.30. The van der Waals surface area contributed by atoms with Crippen LogP contribution in [0.2, 0.25) is 5.02 Å².